The highest BCUT2D eigenvalue weighted by molar-refractivity contribution is 5.76. The van der Waals surface area contributed by atoms with Gasteiger partial charge in [0.15, 0.2) is 0 Å². The van der Waals surface area contributed by atoms with Gasteiger partial charge in [-0.15, -0.1) is 0 Å². The third kappa shape index (κ3) is 63.9. The van der Waals surface area contributed by atoms with Crippen LogP contribution >= 0.6 is 0 Å². The first-order chi connectivity index (χ1) is 38.0. The average molecular weight is 1090 g/mol. The van der Waals surface area contributed by atoms with E-state index in [1.54, 1.807) is 0 Å². The van der Waals surface area contributed by atoms with Gasteiger partial charge in [-0.05, 0) is 25.7 Å². The predicted octanol–water partition coefficient (Wildman–Crippen LogP) is 23.0. The van der Waals surface area contributed by atoms with Crippen LogP contribution in [-0.2, 0) is 14.3 Å². The van der Waals surface area contributed by atoms with E-state index in [1.807, 2.05) is 0 Å². The maximum atomic E-state index is 12.5. The number of nitrogens with one attached hydrogen (secondary N) is 1. The van der Waals surface area contributed by atoms with Gasteiger partial charge in [-0.3, -0.25) is 9.59 Å². The van der Waals surface area contributed by atoms with E-state index in [4.69, 9.17) is 4.74 Å². The molecule has 0 aromatic carbocycles. The van der Waals surface area contributed by atoms with Gasteiger partial charge in [0.25, 0.3) is 0 Å². The summed E-state index contributed by atoms with van der Waals surface area (Å²) in [5.41, 5.74) is 0. The number of ether oxygens (including phenoxy) is 1. The number of esters is 1. The topological polar surface area (TPSA) is 95.9 Å². The van der Waals surface area contributed by atoms with Gasteiger partial charge < -0.3 is 20.3 Å². The van der Waals surface area contributed by atoms with Gasteiger partial charge in [-0.25, -0.2) is 0 Å². The van der Waals surface area contributed by atoms with Crippen molar-refractivity contribution in [2.75, 3.05) is 13.2 Å². The predicted molar refractivity (Wildman–Crippen MR) is 338 cm³/mol. The van der Waals surface area contributed by atoms with Crippen LogP contribution in [0.25, 0.3) is 0 Å². The van der Waals surface area contributed by atoms with Crippen LogP contribution in [0.1, 0.15) is 418 Å². The summed E-state index contributed by atoms with van der Waals surface area (Å²) >= 11 is 0. The Morgan fingerprint density at radius 3 is 0.792 bits per heavy atom. The third-order valence-electron chi connectivity index (χ3n) is 17.2. The van der Waals surface area contributed by atoms with Crippen molar-refractivity contribution >= 4 is 11.9 Å². The van der Waals surface area contributed by atoms with Crippen molar-refractivity contribution in [2.45, 2.75) is 431 Å². The van der Waals surface area contributed by atoms with Crippen molar-refractivity contribution in [3.63, 3.8) is 0 Å². The Morgan fingerprint density at radius 1 is 0.312 bits per heavy atom. The number of unbranched alkanes of at least 4 members (excludes halogenated alkanes) is 57. The van der Waals surface area contributed by atoms with Gasteiger partial charge >= 0.3 is 5.97 Å². The quantitative estimate of drug-likeness (QED) is 0.0417. The zero-order valence-corrected chi connectivity index (χ0v) is 52.7. The lowest BCUT2D eigenvalue weighted by atomic mass is 10.0. The van der Waals surface area contributed by atoms with E-state index in [-0.39, 0.29) is 18.5 Å². The van der Waals surface area contributed by atoms with Crippen molar-refractivity contribution in [3.05, 3.63) is 0 Å². The minimum Gasteiger partial charge on any atom is -0.466 e. The largest absolute Gasteiger partial charge is 0.466 e. The Kier molecular flexibility index (Phi) is 66.4. The van der Waals surface area contributed by atoms with Crippen molar-refractivity contribution in [2.24, 2.45) is 0 Å². The Morgan fingerprint density at radius 2 is 0.532 bits per heavy atom. The zero-order chi connectivity index (χ0) is 55.7. The molecule has 0 aliphatic heterocycles. The second-order valence-electron chi connectivity index (χ2n) is 24.9. The molecule has 3 N–H and O–H groups in total. The molecule has 0 heterocycles. The molecule has 6 nitrogen and oxygen atoms in total. The molecule has 0 saturated heterocycles. The first-order valence-electron chi connectivity index (χ1n) is 35.8. The summed E-state index contributed by atoms with van der Waals surface area (Å²) in [4.78, 5) is 24.6. The molecule has 0 aromatic heterocycles. The number of carbonyl (C=O) groups is 2. The average Bonchev–Trinajstić information content (AvgIpc) is 3.43. The lowest BCUT2D eigenvalue weighted by molar-refractivity contribution is -0.143. The molecule has 6 heteroatoms. The molecule has 77 heavy (non-hydrogen) atoms. The number of aliphatic hydroxyl groups excluding tert-OH is 2. The molecule has 0 aliphatic carbocycles. The van der Waals surface area contributed by atoms with E-state index in [2.05, 4.69) is 19.2 Å². The van der Waals surface area contributed by atoms with E-state index in [0.29, 0.717) is 25.9 Å². The van der Waals surface area contributed by atoms with Crippen molar-refractivity contribution < 1.29 is 24.5 Å². The highest BCUT2D eigenvalue weighted by Crippen LogP contribution is 2.20. The molecular formula is C71H141NO5. The van der Waals surface area contributed by atoms with Crippen LogP contribution in [0.3, 0.4) is 0 Å². The number of aliphatic hydroxyl groups is 2. The fourth-order valence-electron chi connectivity index (χ4n) is 11.7. The van der Waals surface area contributed by atoms with Crippen LogP contribution in [0, 0.1) is 0 Å². The Balaban J connectivity index is 3.35. The number of carbonyl (C=O) groups excluding carboxylic acids is 2. The molecule has 1 amide bonds. The van der Waals surface area contributed by atoms with Crippen LogP contribution < -0.4 is 5.32 Å². The molecule has 2 unspecified atom stereocenters. The fourth-order valence-corrected chi connectivity index (χ4v) is 11.7. The first-order valence-corrected chi connectivity index (χ1v) is 35.8. The van der Waals surface area contributed by atoms with Gasteiger partial charge in [-0.1, -0.05) is 380 Å². The molecule has 2 atom stereocenters. The maximum Gasteiger partial charge on any atom is 0.305 e. The first kappa shape index (κ1) is 75.9. The summed E-state index contributed by atoms with van der Waals surface area (Å²) in [5, 5.41) is 23.4. The standard InChI is InChI=1S/C71H141NO5/c1-3-5-7-9-11-13-15-17-19-20-21-27-30-33-36-39-43-47-51-55-59-63-69(74)68(67-73)72-70(75)64-60-56-52-48-44-40-37-34-31-28-25-23-22-24-26-29-32-35-38-42-46-50-54-58-62-66-77-71(76)65-61-57-53-49-45-41-18-16-14-12-10-8-6-4-2/h68-69,73-74H,3-67H2,1-2H3,(H,72,75). The second-order valence-corrected chi connectivity index (χ2v) is 24.9. The van der Waals surface area contributed by atoms with Crippen molar-refractivity contribution in [1.82, 2.24) is 5.32 Å². The molecule has 0 bridgehead atoms. The Hall–Kier alpha value is -1.14. The van der Waals surface area contributed by atoms with E-state index < -0.39 is 12.1 Å². The molecule has 0 aromatic rings. The second kappa shape index (κ2) is 67.4. The van der Waals surface area contributed by atoms with Gasteiger partial charge in [0.2, 0.25) is 5.91 Å². The SMILES string of the molecule is CCCCCCCCCCCCCCCCCCCCCCCC(O)C(CO)NC(=O)CCCCCCCCCCCCCCCCCCCCCCCCCCCOC(=O)CCCCCCCCCCCCCCCC. The van der Waals surface area contributed by atoms with Crippen molar-refractivity contribution in [3.8, 4) is 0 Å². The molecule has 0 aliphatic rings. The Bertz CT molecular complexity index is 1120. The lowest BCUT2D eigenvalue weighted by Crippen LogP contribution is -2.45. The highest BCUT2D eigenvalue weighted by atomic mass is 16.5. The van der Waals surface area contributed by atoms with Crippen LogP contribution in [0.2, 0.25) is 0 Å². The lowest BCUT2D eigenvalue weighted by Gasteiger charge is -2.22. The van der Waals surface area contributed by atoms with Crippen LogP contribution in [-0.4, -0.2) is 47.4 Å². The van der Waals surface area contributed by atoms with E-state index in [0.717, 1.165) is 38.5 Å². The number of hydrogen-bond acceptors (Lipinski definition) is 5. The van der Waals surface area contributed by atoms with E-state index >= 15 is 0 Å². The maximum absolute atomic E-state index is 12.5. The van der Waals surface area contributed by atoms with E-state index in [9.17, 15) is 19.8 Å². The number of rotatable bonds is 68. The highest BCUT2D eigenvalue weighted by Gasteiger charge is 2.20. The summed E-state index contributed by atoms with van der Waals surface area (Å²) in [5.74, 6) is -0.00754. The normalized spacial score (nSPS) is 12.4. The molecule has 0 radical (unpaired) electrons. The van der Waals surface area contributed by atoms with Gasteiger partial charge in [0.05, 0.1) is 25.4 Å². The van der Waals surface area contributed by atoms with Crippen LogP contribution in [0.4, 0.5) is 0 Å². The molecule has 0 saturated carbocycles. The molecule has 0 fully saturated rings. The van der Waals surface area contributed by atoms with Crippen molar-refractivity contribution in [1.29, 1.82) is 0 Å². The zero-order valence-electron chi connectivity index (χ0n) is 52.7. The molecular weight excluding hydrogens is 947 g/mol. The van der Waals surface area contributed by atoms with Crippen LogP contribution in [0.5, 0.6) is 0 Å². The van der Waals surface area contributed by atoms with E-state index in [1.165, 1.54) is 347 Å². The summed E-state index contributed by atoms with van der Waals surface area (Å²) in [6.07, 6.45) is 81.5. The van der Waals surface area contributed by atoms with Gasteiger partial charge in [-0.2, -0.15) is 0 Å². The monoisotopic (exact) mass is 1090 g/mol. The molecule has 0 spiro atoms. The molecule has 0 rings (SSSR count). The van der Waals surface area contributed by atoms with Crippen LogP contribution in [0.15, 0.2) is 0 Å². The molecule has 460 valence electrons. The fraction of sp³-hybridized carbons (Fsp3) is 0.972. The van der Waals surface area contributed by atoms with Gasteiger partial charge in [0.1, 0.15) is 0 Å². The summed E-state index contributed by atoms with van der Waals surface area (Å²) in [7, 11) is 0. The number of amides is 1. The third-order valence-corrected chi connectivity index (χ3v) is 17.2. The van der Waals surface area contributed by atoms with Gasteiger partial charge in [0, 0.05) is 12.8 Å². The summed E-state index contributed by atoms with van der Waals surface area (Å²) < 4.78 is 5.50. The minimum absolute atomic E-state index is 0.0201. The Labute approximate surface area is 483 Å². The summed E-state index contributed by atoms with van der Waals surface area (Å²) in [6.45, 7) is 5.01. The minimum atomic E-state index is -0.663. The number of hydrogen-bond donors (Lipinski definition) is 3. The smallest absolute Gasteiger partial charge is 0.305 e. The summed E-state index contributed by atoms with van der Waals surface area (Å²) in [6, 6.07) is -0.540.